The Bertz CT molecular complexity index is 477. The molecule has 1 fully saturated rings. The first-order chi connectivity index (χ1) is 9.97. The van der Waals surface area contributed by atoms with Crippen LogP contribution in [-0.4, -0.2) is 42.7 Å². The second-order valence-electron chi connectivity index (χ2n) is 6.04. The Hall–Kier alpha value is -1.55. The number of nitrogens with zero attached hydrogens (tertiary/aromatic N) is 1. The number of carbonyl (C=O) groups excluding carboxylic acids is 1. The van der Waals surface area contributed by atoms with Crippen LogP contribution in [0.4, 0.5) is 0 Å². The largest absolute Gasteiger partial charge is 0.483 e. The quantitative estimate of drug-likeness (QED) is 0.856. The average Bonchev–Trinajstić information content (AvgIpc) is 2.43. The molecule has 2 atom stereocenters. The monoisotopic (exact) mass is 291 g/mol. The van der Waals surface area contributed by atoms with Crippen LogP contribution in [0.5, 0.6) is 5.75 Å². The van der Waals surface area contributed by atoms with Gasteiger partial charge in [0, 0.05) is 13.1 Å². The van der Waals surface area contributed by atoms with Gasteiger partial charge in [-0.25, -0.2) is 0 Å². The summed E-state index contributed by atoms with van der Waals surface area (Å²) in [7, 11) is 0. The number of amides is 1. The third kappa shape index (κ3) is 4.21. The Labute approximate surface area is 127 Å². The van der Waals surface area contributed by atoms with Crippen LogP contribution in [0.25, 0.3) is 0 Å². The molecule has 0 spiro atoms. The van der Waals surface area contributed by atoms with E-state index in [0.717, 1.165) is 11.3 Å². The lowest BCUT2D eigenvalue weighted by Gasteiger charge is -2.35. The molecule has 4 heteroatoms. The zero-order valence-corrected chi connectivity index (χ0v) is 13.3. The Morgan fingerprint density at radius 1 is 1.29 bits per heavy atom. The van der Waals surface area contributed by atoms with E-state index in [2.05, 4.69) is 13.8 Å². The average molecular weight is 291 g/mol. The van der Waals surface area contributed by atoms with E-state index in [-0.39, 0.29) is 24.7 Å². The first kappa shape index (κ1) is 15.8. The van der Waals surface area contributed by atoms with Crippen LogP contribution in [0.1, 0.15) is 39.2 Å². The van der Waals surface area contributed by atoms with E-state index in [1.807, 2.05) is 43.0 Å². The van der Waals surface area contributed by atoms with Gasteiger partial charge in [-0.05, 0) is 31.4 Å². The smallest absolute Gasteiger partial charge is 0.260 e. The number of benzene rings is 1. The Morgan fingerprint density at radius 2 is 1.90 bits per heavy atom. The molecule has 1 aromatic carbocycles. The van der Waals surface area contributed by atoms with Gasteiger partial charge >= 0.3 is 0 Å². The fraction of sp³-hybridized carbons (Fsp3) is 0.588. The molecule has 2 rings (SSSR count). The molecule has 0 saturated carbocycles. The van der Waals surface area contributed by atoms with E-state index in [9.17, 15) is 4.79 Å². The van der Waals surface area contributed by atoms with E-state index < -0.39 is 0 Å². The molecule has 0 aliphatic carbocycles. The van der Waals surface area contributed by atoms with Crippen molar-refractivity contribution >= 4 is 5.91 Å². The Balaban J connectivity index is 1.95. The molecule has 1 aromatic rings. The van der Waals surface area contributed by atoms with Gasteiger partial charge in [0.05, 0.1) is 12.2 Å². The number of para-hydroxylation sites is 1. The van der Waals surface area contributed by atoms with Gasteiger partial charge in [-0.15, -0.1) is 0 Å². The maximum Gasteiger partial charge on any atom is 0.260 e. The molecule has 0 N–H and O–H groups in total. The summed E-state index contributed by atoms with van der Waals surface area (Å²) in [5, 5.41) is 0. The molecule has 0 bridgehead atoms. The van der Waals surface area contributed by atoms with Gasteiger partial charge in [0.1, 0.15) is 5.75 Å². The molecule has 0 radical (unpaired) electrons. The lowest BCUT2D eigenvalue weighted by atomic mass is 10.0. The lowest BCUT2D eigenvalue weighted by molar-refractivity contribution is -0.145. The molecule has 4 nitrogen and oxygen atoms in total. The molecule has 0 aromatic heterocycles. The summed E-state index contributed by atoms with van der Waals surface area (Å²) in [4.78, 5) is 14.1. The summed E-state index contributed by atoms with van der Waals surface area (Å²) in [5.41, 5.74) is 1.13. The highest BCUT2D eigenvalue weighted by atomic mass is 16.5. The van der Waals surface area contributed by atoms with Gasteiger partial charge in [0.25, 0.3) is 5.91 Å². The minimum absolute atomic E-state index is 0.0237. The molecule has 21 heavy (non-hydrogen) atoms. The van der Waals surface area contributed by atoms with E-state index in [1.165, 1.54) is 0 Å². The number of morpholine rings is 1. The number of hydrogen-bond donors (Lipinski definition) is 0. The van der Waals surface area contributed by atoms with Gasteiger partial charge in [-0.3, -0.25) is 4.79 Å². The summed E-state index contributed by atoms with van der Waals surface area (Å²) < 4.78 is 11.4. The topological polar surface area (TPSA) is 38.8 Å². The highest BCUT2D eigenvalue weighted by molar-refractivity contribution is 5.78. The molecule has 1 aliphatic heterocycles. The van der Waals surface area contributed by atoms with E-state index >= 15 is 0 Å². The standard InChI is InChI=1S/C17H25NO3/c1-12(2)15-7-5-6-8-16(15)20-11-17(19)18-9-13(3)21-14(4)10-18/h5-8,12-14H,9-11H2,1-4H3. The molecule has 1 heterocycles. The second-order valence-corrected chi connectivity index (χ2v) is 6.04. The first-order valence-electron chi connectivity index (χ1n) is 7.62. The Morgan fingerprint density at radius 3 is 2.52 bits per heavy atom. The van der Waals surface area contributed by atoms with E-state index in [1.54, 1.807) is 0 Å². The van der Waals surface area contributed by atoms with Crippen molar-refractivity contribution in [2.24, 2.45) is 0 Å². The van der Waals surface area contributed by atoms with Gasteiger partial charge in [0.2, 0.25) is 0 Å². The minimum Gasteiger partial charge on any atom is -0.483 e. The van der Waals surface area contributed by atoms with E-state index in [4.69, 9.17) is 9.47 Å². The summed E-state index contributed by atoms with van der Waals surface area (Å²) in [6.07, 6.45) is 0.168. The predicted molar refractivity (Wildman–Crippen MR) is 82.6 cm³/mol. The first-order valence-corrected chi connectivity index (χ1v) is 7.62. The maximum atomic E-state index is 12.3. The predicted octanol–water partition coefficient (Wildman–Crippen LogP) is 2.82. The van der Waals surface area contributed by atoms with Crippen molar-refractivity contribution in [3.8, 4) is 5.75 Å². The lowest BCUT2D eigenvalue weighted by Crippen LogP contribution is -2.49. The molecular weight excluding hydrogens is 266 g/mol. The summed E-state index contributed by atoms with van der Waals surface area (Å²) in [5.74, 6) is 1.20. The normalized spacial score (nSPS) is 22.4. The minimum atomic E-state index is 0.0237. The van der Waals surface area contributed by atoms with Gasteiger partial charge in [-0.2, -0.15) is 0 Å². The highest BCUT2D eigenvalue weighted by Gasteiger charge is 2.26. The summed E-state index contributed by atoms with van der Waals surface area (Å²) in [6, 6.07) is 7.90. The second kappa shape index (κ2) is 6.94. The van der Waals surface area contributed by atoms with Crippen molar-refractivity contribution in [1.29, 1.82) is 0 Å². The van der Waals surface area contributed by atoms with E-state index in [0.29, 0.717) is 19.0 Å². The van der Waals surface area contributed by atoms with Gasteiger partial charge in [-0.1, -0.05) is 32.0 Å². The molecule has 1 aliphatic rings. The van der Waals surface area contributed by atoms with Crippen LogP contribution in [0, 0.1) is 0 Å². The van der Waals surface area contributed by atoms with Crippen LogP contribution in [0.3, 0.4) is 0 Å². The van der Waals surface area contributed by atoms with Crippen LogP contribution in [0.15, 0.2) is 24.3 Å². The van der Waals surface area contributed by atoms with Crippen molar-refractivity contribution in [2.75, 3.05) is 19.7 Å². The fourth-order valence-corrected chi connectivity index (χ4v) is 2.70. The van der Waals surface area contributed by atoms with Gasteiger partial charge in [0.15, 0.2) is 6.61 Å². The van der Waals surface area contributed by atoms with Crippen molar-refractivity contribution in [3.63, 3.8) is 0 Å². The Kier molecular flexibility index (Phi) is 5.23. The zero-order valence-electron chi connectivity index (χ0n) is 13.3. The van der Waals surface area contributed by atoms with Crippen molar-refractivity contribution < 1.29 is 14.3 Å². The van der Waals surface area contributed by atoms with Crippen molar-refractivity contribution in [1.82, 2.24) is 4.90 Å². The number of ether oxygens (including phenoxy) is 2. The third-order valence-electron chi connectivity index (χ3n) is 3.66. The molecular formula is C17H25NO3. The molecule has 1 amide bonds. The van der Waals surface area contributed by atoms with Crippen LogP contribution < -0.4 is 4.74 Å². The van der Waals surface area contributed by atoms with Crippen molar-refractivity contribution in [3.05, 3.63) is 29.8 Å². The summed E-state index contributed by atoms with van der Waals surface area (Å²) >= 11 is 0. The zero-order chi connectivity index (χ0) is 15.4. The fourth-order valence-electron chi connectivity index (χ4n) is 2.70. The van der Waals surface area contributed by atoms with Crippen molar-refractivity contribution in [2.45, 2.75) is 45.8 Å². The number of hydrogen-bond acceptors (Lipinski definition) is 3. The van der Waals surface area contributed by atoms with Crippen LogP contribution in [-0.2, 0) is 9.53 Å². The molecule has 1 saturated heterocycles. The van der Waals surface area contributed by atoms with Gasteiger partial charge < -0.3 is 14.4 Å². The number of carbonyl (C=O) groups is 1. The highest BCUT2D eigenvalue weighted by Crippen LogP contribution is 2.25. The number of rotatable bonds is 4. The molecule has 116 valence electrons. The van der Waals surface area contributed by atoms with Crippen LogP contribution in [0.2, 0.25) is 0 Å². The molecule has 2 unspecified atom stereocenters. The SMILES string of the molecule is CC1CN(C(=O)COc2ccccc2C(C)C)CC(C)O1. The van der Waals surface area contributed by atoms with Crippen LogP contribution >= 0.6 is 0 Å². The third-order valence-corrected chi connectivity index (χ3v) is 3.66. The maximum absolute atomic E-state index is 12.3. The summed E-state index contributed by atoms with van der Waals surface area (Å²) in [6.45, 7) is 9.58.